The molecule has 2 aromatic heterocycles. The van der Waals surface area contributed by atoms with Crippen molar-refractivity contribution in [3.8, 4) is 23.1 Å². The molecule has 0 aliphatic heterocycles. The molecule has 1 aliphatic carbocycles. The van der Waals surface area contributed by atoms with Crippen LogP contribution in [0.2, 0.25) is 0 Å². The Hall–Kier alpha value is -3.23. The summed E-state index contributed by atoms with van der Waals surface area (Å²) in [6, 6.07) is 8.56. The van der Waals surface area contributed by atoms with Gasteiger partial charge in [-0.1, -0.05) is 0 Å². The Morgan fingerprint density at radius 2 is 2.03 bits per heavy atom. The summed E-state index contributed by atoms with van der Waals surface area (Å²) < 4.78 is 42.9. The van der Waals surface area contributed by atoms with Gasteiger partial charge in [0.2, 0.25) is 17.7 Å². The highest BCUT2D eigenvalue weighted by Crippen LogP contribution is 2.42. The van der Waals surface area contributed by atoms with Crippen molar-refractivity contribution < 1.29 is 27.5 Å². The molecule has 1 unspecified atom stereocenters. The van der Waals surface area contributed by atoms with Gasteiger partial charge in [0.15, 0.2) is 5.58 Å². The summed E-state index contributed by atoms with van der Waals surface area (Å²) in [5, 5.41) is 2.74. The van der Waals surface area contributed by atoms with Gasteiger partial charge in [0.05, 0.1) is 18.8 Å². The van der Waals surface area contributed by atoms with Gasteiger partial charge in [0.1, 0.15) is 29.3 Å². The van der Waals surface area contributed by atoms with E-state index in [-0.39, 0.29) is 37.3 Å². The van der Waals surface area contributed by atoms with Gasteiger partial charge in [0, 0.05) is 31.7 Å². The lowest BCUT2D eigenvalue weighted by Crippen LogP contribution is -2.38. The van der Waals surface area contributed by atoms with E-state index in [2.05, 4.69) is 15.3 Å². The number of hydrogen-bond donors (Lipinski definition) is 1. The number of halogens is 2. The van der Waals surface area contributed by atoms with Gasteiger partial charge in [0.25, 0.3) is 0 Å². The molecule has 0 spiro atoms. The molecule has 1 aliphatic rings. The van der Waals surface area contributed by atoms with Crippen LogP contribution in [0.25, 0.3) is 22.7 Å². The van der Waals surface area contributed by atoms with Crippen molar-refractivity contribution in [3.63, 3.8) is 0 Å². The number of nitrogens with zero attached hydrogens (tertiary/aromatic N) is 2. The Morgan fingerprint density at radius 1 is 1.26 bits per heavy atom. The van der Waals surface area contributed by atoms with E-state index < -0.39 is 5.92 Å². The summed E-state index contributed by atoms with van der Waals surface area (Å²) >= 11 is 0. The largest absolute Gasteiger partial charge is 0.493 e. The topological polar surface area (TPSA) is 86.5 Å². The average molecular weight is 431 g/mol. The highest BCUT2D eigenvalue weighted by molar-refractivity contribution is 5.77. The van der Waals surface area contributed by atoms with Crippen LogP contribution in [-0.2, 0) is 4.79 Å². The van der Waals surface area contributed by atoms with Crippen LogP contribution in [0.5, 0.6) is 11.5 Å². The number of ether oxygens (including phenoxy) is 2. The van der Waals surface area contributed by atoms with Crippen LogP contribution in [0.4, 0.5) is 8.78 Å². The molecule has 1 aromatic carbocycles. The summed E-state index contributed by atoms with van der Waals surface area (Å²) in [7, 11) is 0. The van der Waals surface area contributed by atoms with Gasteiger partial charge in [-0.05, 0) is 31.2 Å². The number of benzene rings is 1. The van der Waals surface area contributed by atoms with Crippen LogP contribution in [0.1, 0.15) is 26.7 Å². The van der Waals surface area contributed by atoms with Crippen molar-refractivity contribution in [1.29, 1.82) is 0 Å². The number of carbonyl (C=O) groups is 1. The summed E-state index contributed by atoms with van der Waals surface area (Å²) in [6.45, 7) is 3.88. The lowest BCUT2D eigenvalue weighted by molar-refractivity contribution is -0.120. The molecule has 1 saturated carbocycles. The third-order valence-corrected chi connectivity index (χ3v) is 4.93. The zero-order valence-electron chi connectivity index (χ0n) is 17.2. The van der Waals surface area contributed by atoms with Crippen LogP contribution in [0, 0.1) is 5.92 Å². The Kier molecular flexibility index (Phi) is 5.75. The number of oxazole rings is 1. The number of fused-ring (bicyclic) bond motifs is 1. The number of rotatable bonds is 8. The number of amides is 1. The van der Waals surface area contributed by atoms with Gasteiger partial charge >= 0.3 is 0 Å². The molecule has 0 bridgehead atoms. The zero-order valence-corrected chi connectivity index (χ0v) is 17.2. The second kappa shape index (κ2) is 8.49. The minimum atomic E-state index is -2.55. The third kappa shape index (κ3) is 5.28. The maximum absolute atomic E-state index is 12.9. The van der Waals surface area contributed by atoms with Gasteiger partial charge in [-0.25, -0.2) is 18.7 Å². The number of alkyl halides is 2. The summed E-state index contributed by atoms with van der Waals surface area (Å²) in [4.78, 5) is 19.8. The molecule has 1 N–H and O–H groups in total. The minimum Gasteiger partial charge on any atom is -0.493 e. The van der Waals surface area contributed by atoms with Gasteiger partial charge < -0.3 is 19.2 Å². The molecule has 3 aromatic rings. The maximum Gasteiger partial charge on any atom is 0.248 e. The molecule has 2 heterocycles. The van der Waals surface area contributed by atoms with Crippen LogP contribution in [-0.4, -0.2) is 41.1 Å². The van der Waals surface area contributed by atoms with Gasteiger partial charge in [-0.3, -0.25) is 4.79 Å². The second-order valence-corrected chi connectivity index (χ2v) is 7.88. The van der Waals surface area contributed by atoms with Crippen LogP contribution in [0.3, 0.4) is 0 Å². The van der Waals surface area contributed by atoms with Gasteiger partial charge in [-0.15, -0.1) is 0 Å². The SMILES string of the molecule is CC(=O)NC(C)COc1ccc(-c2nc3ccc(OCC4CC(F)(F)C4)cc3o2)nc1. The highest BCUT2D eigenvalue weighted by Gasteiger charge is 2.45. The fourth-order valence-electron chi connectivity index (χ4n) is 3.42. The maximum atomic E-state index is 12.9. The minimum absolute atomic E-state index is 0.112. The second-order valence-electron chi connectivity index (χ2n) is 7.88. The van der Waals surface area contributed by atoms with Crippen molar-refractivity contribution in [2.75, 3.05) is 13.2 Å². The first-order chi connectivity index (χ1) is 14.8. The first-order valence-electron chi connectivity index (χ1n) is 10.0. The van der Waals surface area contributed by atoms with Crippen LogP contribution < -0.4 is 14.8 Å². The van der Waals surface area contributed by atoms with Crippen molar-refractivity contribution in [3.05, 3.63) is 36.5 Å². The first-order valence-corrected chi connectivity index (χ1v) is 10.0. The first kappa shape index (κ1) is 21.0. The van der Waals surface area contributed by atoms with Gasteiger partial charge in [-0.2, -0.15) is 0 Å². The Morgan fingerprint density at radius 3 is 2.71 bits per heavy atom. The van der Waals surface area contributed by atoms with Crippen molar-refractivity contribution in [2.45, 2.75) is 38.7 Å². The lowest BCUT2D eigenvalue weighted by atomic mass is 9.82. The number of aromatic nitrogens is 2. The molecule has 164 valence electrons. The number of hydrogen-bond acceptors (Lipinski definition) is 6. The summed E-state index contributed by atoms with van der Waals surface area (Å²) in [5.41, 5.74) is 1.71. The molecule has 9 heteroatoms. The summed E-state index contributed by atoms with van der Waals surface area (Å²) in [6.07, 6.45) is 1.31. The van der Waals surface area contributed by atoms with E-state index >= 15 is 0 Å². The molecular formula is C22H23F2N3O4. The monoisotopic (exact) mass is 431 g/mol. The molecule has 7 nitrogen and oxygen atoms in total. The van der Waals surface area contributed by atoms with Crippen LogP contribution in [0.15, 0.2) is 40.9 Å². The lowest BCUT2D eigenvalue weighted by Gasteiger charge is -2.34. The van der Waals surface area contributed by atoms with E-state index in [4.69, 9.17) is 13.9 Å². The quantitative estimate of drug-likeness (QED) is 0.575. The predicted octanol–water partition coefficient (Wildman–Crippen LogP) is 4.22. The number of carbonyl (C=O) groups excluding carboxylic acids is 1. The molecule has 0 saturated heterocycles. The van der Waals surface area contributed by atoms with E-state index in [1.165, 1.54) is 6.92 Å². The molecule has 1 amide bonds. The van der Waals surface area contributed by atoms with Crippen molar-refractivity contribution in [1.82, 2.24) is 15.3 Å². The molecule has 1 atom stereocenters. The molecule has 1 fully saturated rings. The fourth-order valence-corrected chi connectivity index (χ4v) is 3.42. The summed E-state index contributed by atoms with van der Waals surface area (Å²) in [5.74, 6) is -1.32. The Balaban J connectivity index is 1.37. The van der Waals surface area contributed by atoms with Crippen molar-refractivity contribution in [2.24, 2.45) is 5.92 Å². The van der Waals surface area contributed by atoms with E-state index in [1.807, 2.05) is 6.92 Å². The number of pyridine rings is 1. The number of nitrogens with one attached hydrogen (secondary N) is 1. The Bertz CT molecular complexity index is 1060. The molecule has 4 rings (SSSR count). The van der Waals surface area contributed by atoms with E-state index in [1.54, 1.807) is 36.5 Å². The highest BCUT2D eigenvalue weighted by atomic mass is 19.3. The standard InChI is InChI=1S/C22H23F2N3O4/c1-13(26-14(2)28)11-29-17-4-6-19(25-10-17)21-27-18-5-3-16(7-20(18)31-21)30-12-15-8-22(23,24)9-15/h3-7,10,13,15H,8-9,11-12H2,1-2H3,(H,26,28). The molecule has 0 radical (unpaired) electrons. The smallest absolute Gasteiger partial charge is 0.248 e. The third-order valence-electron chi connectivity index (χ3n) is 4.93. The average Bonchev–Trinajstić information content (AvgIpc) is 3.12. The van der Waals surface area contributed by atoms with E-state index in [0.29, 0.717) is 40.8 Å². The van der Waals surface area contributed by atoms with E-state index in [0.717, 1.165) is 0 Å². The predicted molar refractivity (Wildman–Crippen MR) is 109 cm³/mol. The molecular weight excluding hydrogens is 408 g/mol. The molecule has 31 heavy (non-hydrogen) atoms. The van der Waals surface area contributed by atoms with Crippen LogP contribution >= 0.6 is 0 Å². The normalized spacial score (nSPS) is 16.5. The van der Waals surface area contributed by atoms with E-state index in [9.17, 15) is 13.6 Å². The fraction of sp³-hybridized carbons (Fsp3) is 0.409. The van der Waals surface area contributed by atoms with Crippen molar-refractivity contribution >= 4 is 17.0 Å². The zero-order chi connectivity index (χ0) is 22.0. The Labute approximate surface area is 177 Å².